The summed E-state index contributed by atoms with van der Waals surface area (Å²) in [5.74, 6) is -0.765. The van der Waals surface area contributed by atoms with Crippen LogP contribution in [0.5, 0.6) is 0 Å². The lowest BCUT2D eigenvalue weighted by molar-refractivity contribution is -0.143. The Labute approximate surface area is 112 Å². The van der Waals surface area contributed by atoms with Crippen molar-refractivity contribution >= 4 is 16.9 Å². The van der Waals surface area contributed by atoms with Crippen LogP contribution in [0.25, 0.3) is 10.9 Å². The van der Waals surface area contributed by atoms with Crippen molar-refractivity contribution in [2.75, 3.05) is 0 Å². The van der Waals surface area contributed by atoms with Crippen molar-refractivity contribution in [2.24, 2.45) is 5.92 Å². The molecule has 3 heteroatoms. The van der Waals surface area contributed by atoms with Gasteiger partial charge in [-0.15, -0.1) is 0 Å². The molecule has 0 amide bonds. The molecule has 1 N–H and O–H groups in total. The predicted octanol–water partition coefficient (Wildman–Crippen LogP) is 3.59. The normalized spacial score (nSPS) is 23.4. The summed E-state index contributed by atoms with van der Waals surface area (Å²) in [7, 11) is 0. The summed E-state index contributed by atoms with van der Waals surface area (Å²) in [4.78, 5) is 15.7. The van der Waals surface area contributed by atoms with Gasteiger partial charge in [-0.3, -0.25) is 9.78 Å². The Balaban J connectivity index is 1.99. The van der Waals surface area contributed by atoms with E-state index in [1.54, 1.807) is 6.20 Å². The van der Waals surface area contributed by atoms with Crippen molar-refractivity contribution < 1.29 is 9.90 Å². The molecule has 3 nitrogen and oxygen atoms in total. The fourth-order valence-electron chi connectivity index (χ4n) is 3.14. The number of carboxylic acids is 1. The molecule has 19 heavy (non-hydrogen) atoms. The first-order valence-electron chi connectivity index (χ1n) is 6.83. The van der Waals surface area contributed by atoms with E-state index < -0.39 is 5.97 Å². The lowest BCUT2D eigenvalue weighted by Gasteiger charge is -2.29. The number of carboxylic acid groups (broad SMARTS) is 1. The molecule has 0 aliphatic heterocycles. The molecule has 98 valence electrons. The van der Waals surface area contributed by atoms with E-state index in [0.717, 1.165) is 42.1 Å². The van der Waals surface area contributed by atoms with Crippen LogP contribution in [0.15, 0.2) is 36.5 Å². The minimum Gasteiger partial charge on any atom is -0.481 e. The second kappa shape index (κ2) is 5.00. The summed E-state index contributed by atoms with van der Waals surface area (Å²) in [6.07, 6.45) is 5.69. The Morgan fingerprint density at radius 3 is 2.89 bits per heavy atom. The molecule has 0 saturated heterocycles. The maximum Gasteiger partial charge on any atom is 0.307 e. The summed E-state index contributed by atoms with van der Waals surface area (Å²) in [5.41, 5.74) is 2.08. The molecule has 3 rings (SSSR count). The van der Waals surface area contributed by atoms with E-state index in [1.165, 1.54) is 0 Å². The van der Waals surface area contributed by atoms with E-state index in [2.05, 4.69) is 17.1 Å². The third-order valence-electron chi connectivity index (χ3n) is 4.14. The van der Waals surface area contributed by atoms with Crippen molar-refractivity contribution in [3.63, 3.8) is 0 Å². The largest absolute Gasteiger partial charge is 0.481 e. The molecule has 1 heterocycles. The lowest BCUT2D eigenvalue weighted by Crippen LogP contribution is -2.25. The molecule has 1 aliphatic carbocycles. The van der Waals surface area contributed by atoms with Crippen molar-refractivity contribution in [3.05, 3.63) is 42.1 Å². The highest BCUT2D eigenvalue weighted by atomic mass is 16.4. The molecule has 0 spiro atoms. The minimum atomic E-state index is -0.661. The predicted molar refractivity (Wildman–Crippen MR) is 74.1 cm³/mol. The topological polar surface area (TPSA) is 50.2 Å². The summed E-state index contributed by atoms with van der Waals surface area (Å²) in [6.45, 7) is 0. The monoisotopic (exact) mass is 255 g/mol. The van der Waals surface area contributed by atoms with Gasteiger partial charge >= 0.3 is 5.97 Å². The fourth-order valence-corrected chi connectivity index (χ4v) is 3.14. The zero-order valence-corrected chi connectivity index (χ0v) is 10.7. The quantitative estimate of drug-likeness (QED) is 0.892. The van der Waals surface area contributed by atoms with Crippen LogP contribution in [-0.4, -0.2) is 16.1 Å². The van der Waals surface area contributed by atoms with E-state index in [4.69, 9.17) is 0 Å². The van der Waals surface area contributed by atoms with Crippen LogP contribution >= 0.6 is 0 Å². The number of carbonyl (C=O) groups is 1. The highest BCUT2D eigenvalue weighted by Crippen LogP contribution is 2.38. The Morgan fingerprint density at radius 1 is 1.21 bits per heavy atom. The summed E-state index contributed by atoms with van der Waals surface area (Å²) in [5, 5.41) is 10.5. The van der Waals surface area contributed by atoms with E-state index in [0.29, 0.717) is 0 Å². The number of benzene rings is 1. The van der Waals surface area contributed by atoms with Gasteiger partial charge in [0, 0.05) is 11.6 Å². The zero-order chi connectivity index (χ0) is 13.2. The highest BCUT2D eigenvalue weighted by Gasteiger charge is 2.31. The van der Waals surface area contributed by atoms with Gasteiger partial charge in [-0.2, -0.15) is 0 Å². The van der Waals surface area contributed by atoms with E-state index in [-0.39, 0.29) is 11.8 Å². The van der Waals surface area contributed by atoms with Gasteiger partial charge in [-0.25, -0.2) is 0 Å². The van der Waals surface area contributed by atoms with Crippen LogP contribution in [0.4, 0.5) is 0 Å². The standard InChI is InChI=1S/C16H17NO2/c18-16(19)14-6-2-1-5-13(14)12-8-7-11-4-3-9-17-15(11)10-12/h3-4,7-10,13-14H,1-2,5-6H2,(H,18,19). The van der Waals surface area contributed by atoms with E-state index in [1.807, 2.05) is 18.2 Å². The van der Waals surface area contributed by atoms with E-state index in [9.17, 15) is 9.90 Å². The Morgan fingerprint density at radius 2 is 2.05 bits per heavy atom. The Kier molecular flexibility index (Phi) is 3.20. The first-order chi connectivity index (χ1) is 9.25. The molecule has 2 atom stereocenters. The van der Waals surface area contributed by atoms with Crippen molar-refractivity contribution in [3.8, 4) is 0 Å². The number of aromatic nitrogens is 1. The number of nitrogens with zero attached hydrogens (tertiary/aromatic N) is 1. The maximum atomic E-state index is 11.4. The molecular weight excluding hydrogens is 238 g/mol. The third kappa shape index (κ3) is 2.33. The van der Waals surface area contributed by atoms with Crippen LogP contribution in [0.1, 0.15) is 37.2 Å². The SMILES string of the molecule is O=C(O)C1CCCCC1c1ccc2cccnc2c1. The summed E-state index contributed by atoms with van der Waals surface area (Å²) >= 11 is 0. The van der Waals surface area contributed by atoms with Gasteiger partial charge in [0.15, 0.2) is 0 Å². The lowest BCUT2D eigenvalue weighted by atomic mass is 9.75. The van der Waals surface area contributed by atoms with Gasteiger partial charge in [0.25, 0.3) is 0 Å². The van der Waals surface area contributed by atoms with Gasteiger partial charge < -0.3 is 5.11 Å². The Bertz CT molecular complexity index is 608. The second-order valence-corrected chi connectivity index (χ2v) is 5.29. The van der Waals surface area contributed by atoms with Gasteiger partial charge in [0.2, 0.25) is 0 Å². The summed E-state index contributed by atoms with van der Waals surface area (Å²) in [6, 6.07) is 10.1. The van der Waals surface area contributed by atoms with Crippen molar-refractivity contribution in [1.82, 2.24) is 4.98 Å². The van der Waals surface area contributed by atoms with Crippen LogP contribution in [0, 0.1) is 5.92 Å². The van der Waals surface area contributed by atoms with Crippen LogP contribution in [0.2, 0.25) is 0 Å². The number of hydrogen-bond acceptors (Lipinski definition) is 2. The molecule has 1 saturated carbocycles. The molecule has 1 fully saturated rings. The molecule has 0 radical (unpaired) electrons. The van der Waals surface area contributed by atoms with Gasteiger partial charge in [-0.1, -0.05) is 31.0 Å². The fraction of sp³-hybridized carbons (Fsp3) is 0.375. The highest BCUT2D eigenvalue weighted by molar-refractivity contribution is 5.79. The maximum absolute atomic E-state index is 11.4. The number of hydrogen-bond donors (Lipinski definition) is 1. The number of aliphatic carboxylic acids is 1. The average Bonchev–Trinajstić information content (AvgIpc) is 2.46. The van der Waals surface area contributed by atoms with Crippen LogP contribution in [-0.2, 0) is 4.79 Å². The average molecular weight is 255 g/mol. The molecule has 2 unspecified atom stereocenters. The molecule has 2 aromatic rings. The zero-order valence-electron chi connectivity index (χ0n) is 10.7. The molecular formula is C16H17NO2. The van der Waals surface area contributed by atoms with Crippen molar-refractivity contribution in [2.45, 2.75) is 31.6 Å². The van der Waals surface area contributed by atoms with Gasteiger partial charge in [0.05, 0.1) is 11.4 Å². The third-order valence-corrected chi connectivity index (χ3v) is 4.14. The molecule has 1 aliphatic rings. The molecule has 1 aromatic carbocycles. The number of rotatable bonds is 2. The first kappa shape index (κ1) is 12.2. The van der Waals surface area contributed by atoms with Crippen LogP contribution in [0.3, 0.4) is 0 Å². The van der Waals surface area contributed by atoms with Gasteiger partial charge in [0.1, 0.15) is 0 Å². The number of pyridine rings is 1. The first-order valence-corrected chi connectivity index (χ1v) is 6.83. The number of fused-ring (bicyclic) bond motifs is 1. The minimum absolute atomic E-state index is 0.137. The summed E-state index contributed by atoms with van der Waals surface area (Å²) < 4.78 is 0. The Hall–Kier alpha value is -1.90. The van der Waals surface area contributed by atoms with Crippen LogP contribution < -0.4 is 0 Å². The van der Waals surface area contributed by atoms with E-state index >= 15 is 0 Å². The molecule has 1 aromatic heterocycles. The smallest absolute Gasteiger partial charge is 0.307 e. The van der Waals surface area contributed by atoms with Crippen molar-refractivity contribution in [1.29, 1.82) is 0 Å². The second-order valence-electron chi connectivity index (χ2n) is 5.29. The van der Waals surface area contributed by atoms with Gasteiger partial charge in [-0.05, 0) is 36.5 Å². The molecule has 0 bridgehead atoms.